The lowest BCUT2D eigenvalue weighted by molar-refractivity contribution is 0.0581. The van der Waals surface area contributed by atoms with Crippen molar-refractivity contribution in [1.82, 2.24) is 5.01 Å². The Kier molecular flexibility index (Phi) is 5.14. The number of hydrogen-bond donors (Lipinski definition) is 1. The van der Waals surface area contributed by atoms with Gasteiger partial charge in [0.25, 0.3) is 5.91 Å². The van der Waals surface area contributed by atoms with Crippen molar-refractivity contribution < 1.29 is 13.9 Å². The molecule has 1 rings (SSSR count). The minimum Gasteiger partial charge on any atom is -0.491 e. The first-order valence-corrected chi connectivity index (χ1v) is 6.22. The molecule has 0 saturated heterocycles. The lowest BCUT2D eigenvalue weighted by Crippen LogP contribution is -2.50. The lowest BCUT2D eigenvalue weighted by Gasteiger charge is -2.31. The van der Waals surface area contributed by atoms with Gasteiger partial charge in [0.2, 0.25) is 0 Å². The number of rotatable bonds is 4. The van der Waals surface area contributed by atoms with Crippen LogP contribution in [0.5, 0.6) is 5.75 Å². The fourth-order valence-corrected chi connectivity index (χ4v) is 1.59. The quantitative estimate of drug-likeness (QED) is 0.526. The normalized spacial score (nSPS) is 11.3. The van der Waals surface area contributed by atoms with E-state index in [1.54, 1.807) is 0 Å². The van der Waals surface area contributed by atoms with Gasteiger partial charge in [-0.15, -0.1) is 0 Å². The first kappa shape index (κ1) is 15.7. The summed E-state index contributed by atoms with van der Waals surface area (Å²) < 4.78 is 17.2. The van der Waals surface area contributed by atoms with Crippen molar-refractivity contribution in [1.29, 1.82) is 0 Å². The van der Waals surface area contributed by atoms with Gasteiger partial charge < -0.3 is 4.74 Å². The van der Waals surface area contributed by atoms with Gasteiger partial charge >= 0.3 is 0 Å². The largest absolute Gasteiger partial charge is 0.491 e. The van der Waals surface area contributed by atoms with Crippen molar-refractivity contribution in [3.63, 3.8) is 0 Å². The van der Waals surface area contributed by atoms with Crippen molar-refractivity contribution in [2.45, 2.75) is 26.3 Å². The predicted octanol–water partition coefficient (Wildman–Crippen LogP) is 2.80. The summed E-state index contributed by atoms with van der Waals surface area (Å²) in [6, 6.07) is 4.51. The predicted molar refractivity (Wildman–Crippen MR) is 73.0 cm³/mol. The van der Waals surface area contributed by atoms with Crippen LogP contribution in [0, 0.1) is 0 Å². The summed E-state index contributed by atoms with van der Waals surface area (Å²) in [5.74, 6) is 5.73. The van der Waals surface area contributed by atoms with Crippen LogP contribution in [0.25, 0.3) is 0 Å². The molecule has 19 heavy (non-hydrogen) atoms. The van der Waals surface area contributed by atoms with Gasteiger partial charge in [0.05, 0.1) is 5.54 Å². The molecule has 0 aliphatic carbocycles. The van der Waals surface area contributed by atoms with E-state index >= 15 is 0 Å². The van der Waals surface area contributed by atoms with Gasteiger partial charge in [-0.1, -0.05) is 11.6 Å². The Morgan fingerprint density at radius 3 is 2.58 bits per heavy atom. The van der Waals surface area contributed by atoms with Gasteiger partial charge in [-0.3, -0.25) is 9.80 Å². The topological polar surface area (TPSA) is 55.6 Å². The van der Waals surface area contributed by atoms with E-state index in [2.05, 4.69) is 0 Å². The third-order valence-corrected chi connectivity index (χ3v) is 2.62. The first-order valence-electron chi connectivity index (χ1n) is 5.84. The number of carbonyl (C=O) groups is 1. The van der Waals surface area contributed by atoms with E-state index in [-0.39, 0.29) is 12.5 Å². The van der Waals surface area contributed by atoms with Crippen molar-refractivity contribution in [2.24, 2.45) is 5.84 Å². The van der Waals surface area contributed by atoms with Gasteiger partial charge in [0.1, 0.15) is 19.0 Å². The van der Waals surface area contributed by atoms with Crippen LogP contribution in [0.2, 0.25) is 5.02 Å². The Labute approximate surface area is 117 Å². The minimum absolute atomic E-state index is 0.0837. The highest BCUT2D eigenvalue weighted by Crippen LogP contribution is 2.23. The van der Waals surface area contributed by atoms with Crippen molar-refractivity contribution >= 4 is 17.5 Å². The Balaban J connectivity index is 3.00. The van der Waals surface area contributed by atoms with Crippen LogP contribution in [0.15, 0.2) is 18.2 Å². The Bertz CT molecular complexity index is 460. The zero-order valence-corrected chi connectivity index (χ0v) is 12.0. The number of benzene rings is 1. The number of ether oxygens (including phenoxy) is 1. The number of amides is 1. The van der Waals surface area contributed by atoms with Crippen LogP contribution in [0.4, 0.5) is 4.39 Å². The molecule has 0 aliphatic heterocycles. The number of hydrogen-bond acceptors (Lipinski definition) is 3. The molecule has 1 amide bonds. The van der Waals surface area contributed by atoms with Crippen LogP contribution in [-0.4, -0.2) is 29.7 Å². The third kappa shape index (κ3) is 4.36. The second-order valence-corrected chi connectivity index (χ2v) is 5.50. The molecule has 1 aromatic carbocycles. The highest BCUT2D eigenvalue weighted by atomic mass is 35.5. The number of alkyl halides is 1. The molecule has 0 atom stereocenters. The maximum absolute atomic E-state index is 12.2. The molecule has 106 valence electrons. The molecular formula is C13H18ClFN2O2. The number of nitrogens with two attached hydrogens (primary N) is 1. The van der Waals surface area contributed by atoms with E-state index in [0.717, 1.165) is 5.01 Å². The second kappa shape index (κ2) is 6.21. The number of carbonyl (C=O) groups excluding carboxylic acids is 1. The third-order valence-electron chi connectivity index (χ3n) is 2.41. The van der Waals surface area contributed by atoms with Gasteiger partial charge in [-0.2, -0.15) is 0 Å². The summed E-state index contributed by atoms with van der Waals surface area (Å²) >= 11 is 5.91. The first-order chi connectivity index (χ1) is 8.75. The molecule has 0 bridgehead atoms. The van der Waals surface area contributed by atoms with E-state index in [4.69, 9.17) is 22.2 Å². The Morgan fingerprint density at radius 1 is 1.42 bits per heavy atom. The monoisotopic (exact) mass is 288 g/mol. The van der Waals surface area contributed by atoms with Crippen molar-refractivity contribution in [3.8, 4) is 5.75 Å². The highest BCUT2D eigenvalue weighted by Gasteiger charge is 2.25. The summed E-state index contributed by atoms with van der Waals surface area (Å²) in [6.45, 7) is 4.75. The molecule has 0 radical (unpaired) electrons. The maximum atomic E-state index is 12.2. The van der Waals surface area contributed by atoms with E-state index in [1.165, 1.54) is 18.2 Å². The van der Waals surface area contributed by atoms with Gasteiger partial charge in [0, 0.05) is 10.6 Å². The lowest BCUT2D eigenvalue weighted by atomic mass is 10.1. The molecule has 0 unspecified atom stereocenters. The zero-order chi connectivity index (χ0) is 14.6. The molecule has 2 N–H and O–H groups in total. The molecule has 0 spiro atoms. The number of hydrazine groups is 1. The Hall–Kier alpha value is -1.33. The van der Waals surface area contributed by atoms with Crippen LogP contribution in [0.1, 0.15) is 31.1 Å². The van der Waals surface area contributed by atoms with E-state index in [9.17, 15) is 9.18 Å². The summed E-state index contributed by atoms with van der Waals surface area (Å²) in [7, 11) is 0. The van der Waals surface area contributed by atoms with Crippen LogP contribution in [-0.2, 0) is 0 Å². The molecule has 0 aromatic heterocycles. The average Bonchev–Trinajstić information content (AvgIpc) is 2.32. The fraction of sp³-hybridized carbons (Fsp3) is 0.462. The van der Waals surface area contributed by atoms with Crippen molar-refractivity contribution in [3.05, 3.63) is 28.8 Å². The van der Waals surface area contributed by atoms with Gasteiger partial charge in [-0.25, -0.2) is 10.2 Å². The summed E-state index contributed by atoms with van der Waals surface area (Å²) in [6.07, 6.45) is 0. The van der Waals surface area contributed by atoms with Gasteiger partial charge in [0.15, 0.2) is 0 Å². The Morgan fingerprint density at radius 2 is 2.05 bits per heavy atom. The smallest absolute Gasteiger partial charge is 0.268 e. The standard InChI is InChI=1S/C13H18ClFN2O2/c1-13(2,3)17(16)12(18)9-6-10(14)8-11(7-9)19-5-4-15/h6-8H,4-5,16H2,1-3H3. The maximum Gasteiger partial charge on any atom is 0.268 e. The minimum atomic E-state index is -0.610. The molecule has 0 saturated carbocycles. The van der Waals surface area contributed by atoms with E-state index in [0.29, 0.717) is 16.3 Å². The van der Waals surface area contributed by atoms with Crippen LogP contribution >= 0.6 is 11.6 Å². The molecule has 0 aliphatic rings. The number of nitrogens with zero attached hydrogens (tertiary/aromatic N) is 1. The number of halogens is 2. The SMILES string of the molecule is CC(C)(C)N(N)C(=O)c1cc(Cl)cc(OCCF)c1. The van der Waals surface area contributed by atoms with E-state index in [1.807, 2.05) is 20.8 Å². The van der Waals surface area contributed by atoms with Gasteiger partial charge in [-0.05, 0) is 39.0 Å². The molecule has 4 nitrogen and oxygen atoms in total. The zero-order valence-electron chi connectivity index (χ0n) is 11.2. The van der Waals surface area contributed by atoms with E-state index < -0.39 is 12.2 Å². The van der Waals surface area contributed by atoms with Crippen LogP contribution < -0.4 is 10.6 Å². The molecular weight excluding hydrogens is 271 g/mol. The molecule has 0 heterocycles. The highest BCUT2D eigenvalue weighted by molar-refractivity contribution is 6.31. The summed E-state index contributed by atoms with van der Waals surface area (Å²) in [5.41, 5.74) is -0.210. The van der Waals surface area contributed by atoms with Crippen molar-refractivity contribution in [2.75, 3.05) is 13.3 Å². The fourth-order valence-electron chi connectivity index (χ4n) is 1.37. The molecule has 1 aromatic rings. The average molecular weight is 289 g/mol. The summed E-state index contributed by atoms with van der Waals surface area (Å²) in [4.78, 5) is 12.2. The summed E-state index contributed by atoms with van der Waals surface area (Å²) in [5, 5.41) is 1.46. The van der Waals surface area contributed by atoms with Crippen LogP contribution in [0.3, 0.4) is 0 Å². The molecule has 0 fully saturated rings. The molecule has 6 heteroatoms. The second-order valence-electron chi connectivity index (χ2n) is 5.06.